The lowest BCUT2D eigenvalue weighted by Gasteiger charge is -2.08. The lowest BCUT2D eigenvalue weighted by molar-refractivity contribution is 0.102. The number of imidazole rings is 1. The van der Waals surface area contributed by atoms with E-state index in [1.807, 2.05) is 67.2 Å². The van der Waals surface area contributed by atoms with Crippen LogP contribution in [0.3, 0.4) is 0 Å². The molecule has 0 aliphatic carbocycles. The summed E-state index contributed by atoms with van der Waals surface area (Å²) in [5.74, 6) is 6.09. The van der Waals surface area contributed by atoms with Crippen molar-refractivity contribution in [3.05, 3.63) is 113 Å². The van der Waals surface area contributed by atoms with Gasteiger partial charge in [-0.3, -0.25) is 4.79 Å². The molecule has 0 saturated carbocycles. The van der Waals surface area contributed by atoms with E-state index in [9.17, 15) is 4.79 Å². The van der Waals surface area contributed by atoms with Crippen LogP contribution in [0, 0.1) is 18.8 Å². The first-order chi connectivity index (χ1) is 18.5. The highest BCUT2D eigenvalue weighted by molar-refractivity contribution is 6.29. The fraction of sp³-hybridized carbons (Fsp3) is 0.0667. The van der Waals surface area contributed by atoms with Gasteiger partial charge in [-0.05, 0) is 66.9 Å². The predicted octanol–water partition coefficient (Wildman–Crippen LogP) is 5.90. The van der Waals surface area contributed by atoms with Crippen LogP contribution in [-0.4, -0.2) is 30.1 Å². The van der Waals surface area contributed by atoms with Gasteiger partial charge in [0.15, 0.2) is 5.65 Å². The quantitative estimate of drug-likeness (QED) is 0.235. The summed E-state index contributed by atoms with van der Waals surface area (Å²) in [6, 6.07) is 18.8. The van der Waals surface area contributed by atoms with Crippen LogP contribution in [0.15, 0.2) is 85.5 Å². The first-order valence-corrected chi connectivity index (χ1v) is 12.3. The van der Waals surface area contributed by atoms with Gasteiger partial charge >= 0.3 is 0 Å². The van der Waals surface area contributed by atoms with E-state index < -0.39 is 0 Å². The minimum absolute atomic E-state index is 0.208. The molecule has 184 valence electrons. The first-order valence-electron chi connectivity index (χ1n) is 11.9. The lowest BCUT2D eigenvalue weighted by Crippen LogP contribution is -2.12. The van der Waals surface area contributed by atoms with E-state index in [4.69, 9.17) is 11.6 Å². The second kappa shape index (κ2) is 9.51. The average molecular weight is 517 g/mol. The van der Waals surface area contributed by atoms with Gasteiger partial charge in [0.05, 0.1) is 11.7 Å². The summed E-state index contributed by atoms with van der Waals surface area (Å²) in [7, 11) is 1.98. The largest absolute Gasteiger partial charge is 0.350 e. The summed E-state index contributed by atoms with van der Waals surface area (Å²) in [6.07, 6.45) is 7.19. The van der Waals surface area contributed by atoms with Crippen molar-refractivity contribution in [2.45, 2.75) is 6.92 Å². The number of hydrogen-bond donors (Lipinski definition) is 1. The van der Waals surface area contributed by atoms with Crippen LogP contribution < -0.4 is 5.32 Å². The zero-order valence-electron chi connectivity index (χ0n) is 20.6. The molecule has 0 aliphatic rings. The summed E-state index contributed by atoms with van der Waals surface area (Å²) >= 11 is 5.95. The molecule has 2 aromatic carbocycles. The van der Waals surface area contributed by atoms with E-state index in [2.05, 4.69) is 32.2 Å². The predicted molar refractivity (Wildman–Crippen MR) is 149 cm³/mol. The zero-order chi connectivity index (χ0) is 26.2. The maximum absolute atomic E-state index is 13.2. The molecular weight excluding hydrogens is 496 g/mol. The first kappa shape index (κ1) is 23.5. The second-order valence-corrected chi connectivity index (χ2v) is 9.31. The second-order valence-electron chi connectivity index (χ2n) is 8.93. The molecule has 7 nitrogen and oxygen atoms in total. The number of anilines is 1. The van der Waals surface area contributed by atoms with E-state index in [0.29, 0.717) is 22.1 Å². The highest BCUT2D eigenvalue weighted by atomic mass is 35.5. The van der Waals surface area contributed by atoms with Gasteiger partial charge in [-0.1, -0.05) is 29.7 Å². The van der Waals surface area contributed by atoms with Gasteiger partial charge in [0.25, 0.3) is 5.91 Å². The molecule has 4 aromatic heterocycles. The smallest absolute Gasteiger partial charge is 0.255 e. The van der Waals surface area contributed by atoms with Crippen LogP contribution in [0.4, 0.5) is 5.69 Å². The highest BCUT2D eigenvalue weighted by Gasteiger charge is 2.13. The third kappa shape index (κ3) is 4.38. The molecule has 0 radical (unpaired) electrons. The molecule has 4 heterocycles. The number of aromatic nitrogens is 5. The minimum atomic E-state index is -0.208. The van der Waals surface area contributed by atoms with Crippen molar-refractivity contribution in [3.63, 3.8) is 0 Å². The molecule has 38 heavy (non-hydrogen) atoms. The standard InChI is InChI=1S/C30H21ClN6O/c1-19-5-6-21(14-20(19)7-10-24-17-33-29-4-3-13-34-37(24)29)30(38)35-23-9-11-25-26(18-36(2)27(25)15-23)22-8-12-28(31)32-16-22/h3-6,8-9,11-18H,1-2H3,(H,35,38). The van der Waals surface area contributed by atoms with E-state index in [1.165, 1.54) is 0 Å². The van der Waals surface area contributed by atoms with Gasteiger partial charge in [-0.25, -0.2) is 14.5 Å². The van der Waals surface area contributed by atoms with E-state index in [-0.39, 0.29) is 5.91 Å². The molecule has 0 aliphatic heterocycles. The van der Waals surface area contributed by atoms with Gasteiger partial charge in [0.1, 0.15) is 10.8 Å². The van der Waals surface area contributed by atoms with Gasteiger partial charge in [0, 0.05) is 59.0 Å². The SMILES string of the molecule is Cc1ccc(C(=O)Nc2ccc3c(-c4ccc(Cl)nc4)cn(C)c3c2)cc1C#Cc1cnc2cccnn12. The van der Waals surface area contributed by atoms with Crippen molar-refractivity contribution in [1.29, 1.82) is 0 Å². The topological polar surface area (TPSA) is 77.1 Å². The number of aryl methyl sites for hydroxylation is 2. The summed E-state index contributed by atoms with van der Waals surface area (Å²) in [5.41, 5.74) is 7.40. The molecule has 0 spiro atoms. The number of amides is 1. The number of nitrogens with one attached hydrogen (secondary N) is 1. The van der Waals surface area contributed by atoms with Crippen LogP contribution in [0.2, 0.25) is 5.15 Å². The molecule has 1 amide bonds. The summed E-state index contributed by atoms with van der Waals surface area (Å²) in [4.78, 5) is 21.7. The Kier molecular flexibility index (Phi) is 5.87. The maximum Gasteiger partial charge on any atom is 0.255 e. The van der Waals surface area contributed by atoms with Crippen molar-refractivity contribution >= 4 is 39.7 Å². The Morgan fingerprint density at radius 2 is 1.89 bits per heavy atom. The van der Waals surface area contributed by atoms with Gasteiger partial charge in [0.2, 0.25) is 0 Å². The lowest BCUT2D eigenvalue weighted by atomic mass is 10.0. The van der Waals surface area contributed by atoms with Crippen LogP contribution in [0.25, 0.3) is 27.7 Å². The fourth-order valence-electron chi connectivity index (χ4n) is 4.37. The Morgan fingerprint density at radius 3 is 2.74 bits per heavy atom. The third-order valence-electron chi connectivity index (χ3n) is 6.39. The monoisotopic (exact) mass is 516 g/mol. The Morgan fingerprint density at radius 1 is 1.00 bits per heavy atom. The molecule has 0 saturated heterocycles. The molecular formula is C30H21ClN6O. The Balaban J connectivity index is 1.26. The molecule has 0 atom stereocenters. The Hall–Kier alpha value is -4.93. The minimum Gasteiger partial charge on any atom is -0.350 e. The highest BCUT2D eigenvalue weighted by Crippen LogP contribution is 2.32. The van der Waals surface area contributed by atoms with Crippen LogP contribution >= 0.6 is 11.6 Å². The van der Waals surface area contributed by atoms with Gasteiger partial charge in [-0.15, -0.1) is 0 Å². The zero-order valence-corrected chi connectivity index (χ0v) is 21.4. The number of nitrogens with zero attached hydrogens (tertiary/aromatic N) is 5. The number of carbonyl (C=O) groups is 1. The van der Waals surface area contributed by atoms with Crippen LogP contribution in [0.5, 0.6) is 0 Å². The molecule has 0 unspecified atom stereocenters. The van der Waals surface area contributed by atoms with E-state index >= 15 is 0 Å². The van der Waals surface area contributed by atoms with Crippen molar-refractivity contribution < 1.29 is 4.79 Å². The summed E-state index contributed by atoms with van der Waals surface area (Å²) in [5, 5.41) is 8.83. The number of pyridine rings is 1. The maximum atomic E-state index is 13.2. The van der Waals surface area contributed by atoms with Crippen molar-refractivity contribution in [3.8, 4) is 23.0 Å². The van der Waals surface area contributed by atoms with E-state index in [1.54, 1.807) is 41.3 Å². The van der Waals surface area contributed by atoms with Gasteiger partial charge < -0.3 is 9.88 Å². The Bertz CT molecular complexity index is 1910. The number of halogens is 1. The summed E-state index contributed by atoms with van der Waals surface area (Å²) < 4.78 is 3.72. The average Bonchev–Trinajstić information content (AvgIpc) is 3.49. The van der Waals surface area contributed by atoms with Crippen molar-refractivity contribution in [2.24, 2.45) is 7.05 Å². The molecule has 6 rings (SSSR count). The molecule has 6 aromatic rings. The number of hydrogen-bond acceptors (Lipinski definition) is 4. The van der Waals surface area contributed by atoms with Crippen LogP contribution in [-0.2, 0) is 7.05 Å². The molecule has 1 N–H and O–H groups in total. The fourth-order valence-corrected chi connectivity index (χ4v) is 4.49. The van der Waals surface area contributed by atoms with Crippen molar-refractivity contribution in [2.75, 3.05) is 5.32 Å². The number of fused-ring (bicyclic) bond motifs is 2. The van der Waals surface area contributed by atoms with E-state index in [0.717, 1.165) is 38.8 Å². The summed E-state index contributed by atoms with van der Waals surface area (Å²) in [6.45, 7) is 1.97. The third-order valence-corrected chi connectivity index (χ3v) is 6.61. The number of carbonyl (C=O) groups excluding carboxylic acids is 1. The number of rotatable bonds is 3. The van der Waals surface area contributed by atoms with Crippen LogP contribution in [0.1, 0.15) is 27.2 Å². The Labute approximate surface area is 223 Å². The normalized spacial score (nSPS) is 10.9. The molecule has 0 bridgehead atoms. The molecule has 8 heteroatoms. The van der Waals surface area contributed by atoms with Gasteiger partial charge in [-0.2, -0.15) is 5.10 Å². The molecule has 0 fully saturated rings. The van der Waals surface area contributed by atoms with Crippen molar-refractivity contribution in [1.82, 2.24) is 24.1 Å². The number of benzene rings is 2.